The van der Waals surface area contributed by atoms with Gasteiger partial charge in [-0.3, -0.25) is 18.7 Å². The summed E-state index contributed by atoms with van der Waals surface area (Å²) in [6.45, 7) is 1.68. The fourth-order valence-corrected chi connectivity index (χ4v) is 3.29. The zero-order valence-corrected chi connectivity index (χ0v) is 14.6. The molecule has 7 nitrogen and oxygen atoms in total. The number of hydrogen-bond acceptors (Lipinski definition) is 5. The van der Waals surface area contributed by atoms with Gasteiger partial charge in [-0.15, -0.1) is 0 Å². The van der Waals surface area contributed by atoms with Gasteiger partial charge in [0.15, 0.2) is 5.78 Å². The monoisotopic (exact) mass is 342 g/mol. The van der Waals surface area contributed by atoms with E-state index in [4.69, 9.17) is 5.73 Å². The molecule has 3 rings (SSSR count). The van der Waals surface area contributed by atoms with Crippen LogP contribution in [0, 0.1) is 0 Å². The van der Waals surface area contributed by atoms with Crippen molar-refractivity contribution in [2.45, 2.75) is 32.2 Å². The highest BCUT2D eigenvalue weighted by Crippen LogP contribution is 2.25. The van der Waals surface area contributed by atoms with Crippen LogP contribution >= 0.6 is 0 Å². The molecule has 25 heavy (non-hydrogen) atoms. The number of nitrogens with one attached hydrogen (secondary N) is 1. The highest BCUT2D eigenvalue weighted by molar-refractivity contribution is 6.04. The molecule has 7 heteroatoms. The number of aryl methyl sites for hydroxylation is 2. The van der Waals surface area contributed by atoms with Crippen molar-refractivity contribution in [3.05, 3.63) is 55.7 Å². The molecule has 1 atom stereocenters. The molecule has 0 saturated heterocycles. The van der Waals surface area contributed by atoms with Crippen molar-refractivity contribution < 1.29 is 4.79 Å². The van der Waals surface area contributed by atoms with Gasteiger partial charge in [0, 0.05) is 19.8 Å². The standard InChI is InChI=1S/C18H22N4O3/c1-10(20-13-8-7-11-5-4-6-12(11)9-13)15(23)14-16(19)21(2)18(25)22(3)17(14)24/h7-10,20H,4-6,19H2,1-3H3/t10-/m0/s1. The Bertz CT molecular complexity index is 972. The Labute approximate surface area is 145 Å². The van der Waals surface area contributed by atoms with Gasteiger partial charge in [0.05, 0.1) is 6.04 Å². The Hall–Kier alpha value is -2.83. The fraction of sp³-hybridized carbons (Fsp3) is 0.389. The van der Waals surface area contributed by atoms with E-state index < -0.39 is 23.1 Å². The number of rotatable bonds is 4. The predicted molar refractivity (Wildman–Crippen MR) is 97.2 cm³/mol. The molecule has 0 spiro atoms. The van der Waals surface area contributed by atoms with Crippen LogP contribution in [0.15, 0.2) is 27.8 Å². The molecule has 132 valence electrons. The molecule has 2 aromatic rings. The van der Waals surface area contributed by atoms with Gasteiger partial charge in [-0.1, -0.05) is 6.07 Å². The lowest BCUT2D eigenvalue weighted by Crippen LogP contribution is -2.43. The first-order valence-corrected chi connectivity index (χ1v) is 8.29. The van der Waals surface area contributed by atoms with Crippen LogP contribution in [0.3, 0.4) is 0 Å². The summed E-state index contributed by atoms with van der Waals surface area (Å²) in [7, 11) is 2.77. The fourth-order valence-electron chi connectivity index (χ4n) is 3.29. The van der Waals surface area contributed by atoms with Gasteiger partial charge in [-0.25, -0.2) is 4.79 Å². The number of anilines is 2. The Morgan fingerprint density at radius 2 is 1.84 bits per heavy atom. The van der Waals surface area contributed by atoms with E-state index in [1.807, 2.05) is 12.1 Å². The zero-order chi connectivity index (χ0) is 18.3. The number of carbonyl (C=O) groups excluding carboxylic acids is 1. The number of nitrogen functional groups attached to an aromatic ring is 1. The van der Waals surface area contributed by atoms with Crippen molar-refractivity contribution in [3.63, 3.8) is 0 Å². The Balaban J connectivity index is 1.91. The van der Waals surface area contributed by atoms with Crippen LogP contribution in [-0.2, 0) is 26.9 Å². The van der Waals surface area contributed by atoms with Crippen molar-refractivity contribution >= 4 is 17.3 Å². The smallest absolute Gasteiger partial charge is 0.332 e. The molecule has 0 bridgehead atoms. The molecule has 0 amide bonds. The molecule has 0 unspecified atom stereocenters. The van der Waals surface area contributed by atoms with Gasteiger partial charge in [0.25, 0.3) is 5.56 Å². The van der Waals surface area contributed by atoms with Crippen LogP contribution in [0.2, 0.25) is 0 Å². The summed E-state index contributed by atoms with van der Waals surface area (Å²) in [6, 6.07) is 5.42. The summed E-state index contributed by atoms with van der Waals surface area (Å²) in [4.78, 5) is 37.0. The average molecular weight is 342 g/mol. The number of Topliss-reactive ketones (excluding diaryl/α,β-unsaturated/α-hetero) is 1. The summed E-state index contributed by atoms with van der Waals surface area (Å²) in [5.41, 5.74) is 7.95. The third kappa shape index (κ3) is 2.86. The molecular formula is C18H22N4O3. The molecule has 0 aliphatic heterocycles. The zero-order valence-electron chi connectivity index (χ0n) is 14.6. The second-order valence-corrected chi connectivity index (χ2v) is 6.53. The van der Waals surface area contributed by atoms with E-state index in [-0.39, 0.29) is 11.4 Å². The first-order chi connectivity index (χ1) is 11.8. The molecule has 1 aromatic heterocycles. The Kier molecular flexibility index (Phi) is 4.24. The maximum absolute atomic E-state index is 12.8. The van der Waals surface area contributed by atoms with E-state index in [0.29, 0.717) is 0 Å². The van der Waals surface area contributed by atoms with Gasteiger partial charge >= 0.3 is 5.69 Å². The average Bonchev–Trinajstić information content (AvgIpc) is 3.06. The largest absolute Gasteiger partial charge is 0.384 e. The van der Waals surface area contributed by atoms with E-state index in [1.54, 1.807) is 6.92 Å². The number of aromatic nitrogens is 2. The lowest BCUT2D eigenvalue weighted by molar-refractivity contribution is 0.0973. The minimum absolute atomic E-state index is 0.110. The van der Waals surface area contributed by atoms with Crippen molar-refractivity contribution in [2.75, 3.05) is 11.1 Å². The van der Waals surface area contributed by atoms with E-state index in [9.17, 15) is 14.4 Å². The summed E-state index contributed by atoms with van der Waals surface area (Å²) < 4.78 is 2.00. The van der Waals surface area contributed by atoms with Crippen LogP contribution < -0.4 is 22.3 Å². The van der Waals surface area contributed by atoms with Gasteiger partial charge in [0.1, 0.15) is 11.4 Å². The maximum atomic E-state index is 12.8. The Morgan fingerprint density at radius 3 is 2.56 bits per heavy atom. The van der Waals surface area contributed by atoms with Gasteiger partial charge in [-0.2, -0.15) is 0 Å². The highest BCUT2D eigenvalue weighted by atomic mass is 16.2. The molecule has 0 saturated carbocycles. The van der Waals surface area contributed by atoms with Crippen LogP contribution in [0.1, 0.15) is 34.8 Å². The number of nitrogens with two attached hydrogens (primary N) is 1. The van der Waals surface area contributed by atoms with Crippen molar-refractivity contribution in [1.82, 2.24) is 9.13 Å². The van der Waals surface area contributed by atoms with Crippen LogP contribution in [0.4, 0.5) is 11.5 Å². The molecule has 1 aliphatic carbocycles. The van der Waals surface area contributed by atoms with E-state index in [2.05, 4.69) is 11.4 Å². The molecule has 1 heterocycles. The van der Waals surface area contributed by atoms with Crippen LogP contribution in [0.5, 0.6) is 0 Å². The number of fused-ring (bicyclic) bond motifs is 1. The second kappa shape index (κ2) is 6.23. The van der Waals surface area contributed by atoms with Crippen molar-refractivity contribution in [3.8, 4) is 0 Å². The number of hydrogen-bond donors (Lipinski definition) is 2. The summed E-state index contributed by atoms with van der Waals surface area (Å²) in [5.74, 6) is -0.546. The topological polar surface area (TPSA) is 99.1 Å². The number of benzene rings is 1. The van der Waals surface area contributed by atoms with Crippen molar-refractivity contribution in [1.29, 1.82) is 0 Å². The minimum atomic E-state index is -0.673. The van der Waals surface area contributed by atoms with Gasteiger partial charge in [-0.05, 0) is 49.4 Å². The minimum Gasteiger partial charge on any atom is -0.384 e. The molecule has 0 radical (unpaired) electrons. The SMILES string of the molecule is C[C@H](Nc1ccc2c(c1)CCC2)C(=O)c1c(N)n(C)c(=O)n(C)c1=O. The van der Waals surface area contributed by atoms with Crippen LogP contribution in [0.25, 0.3) is 0 Å². The summed E-state index contributed by atoms with van der Waals surface area (Å²) >= 11 is 0. The summed E-state index contributed by atoms with van der Waals surface area (Å²) in [6.07, 6.45) is 3.29. The van der Waals surface area contributed by atoms with Crippen molar-refractivity contribution in [2.24, 2.45) is 14.1 Å². The molecule has 0 fully saturated rings. The summed E-state index contributed by atoms with van der Waals surface area (Å²) in [5, 5.41) is 3.14. The molecule has 3 N–H and O–H groups in total. The lowest BCUT2D eigenvalue weighted by atomic mass is 10.1. The molecular weight excluding hydrogens is 320 g/mol. The first-order valence-electron chi connectivity index (χ1n) is 8.29. The molecule has 1 aromatic carbocycles. The predicted octanol–water partition coefficient (Wildman–Crippen LogP) is 0.838. The first kappa shape index (κ1) is 17.0. The van der Waals surface area contributed by atoms with Crippen LogP contribution in [-0.4, -0.2) is 21.0 Å². The third-order valence-corrected chi connectivity index (χ3v) is 4.83. The van der Waals surface area contributed by atoms with Gasteiger partial charge in [0.2, 0.25) is 0 Å². The third-order valence-electron chi connectivity index (χ3n) is 4.83. The number of ketones is 1. The second-order valence-electron chi connectivity index (χ2n) is 6.53. The quantitative estimate of drug-likeness (QED) is 0.802. The number of nitrogens with zero attached hydrogens (tertiary/aromatic N) is 2. The van der Waals surface area contributed by atoms with E-state index in [1.165, 1.54) is 25.2 Å². The lowest BCUT2D eigenvalue weighted by Gasteiger charge is -2.17. The van der Waals surface area contributed by atoms with E-state index >= 15 is 0 Å². The molecule has 1 aliphatic rings. The van der Waals surface area contributed by atoms with Gasteiger partial charge < -0.3 is 11.1 Å². The number of carbonyl (C=O) groups is 1. The van der Waals surface area contributed by atoms with E-state index in [0.717, 1.165) is 34.1 Å². The highest BCUT2D eigenvalue weighted by Gasteiger charge is 2.25. The Morgan fingerprint density at radius 1 is 1.16 bits per heavy atom. The normalized spacial score (nSPS) is 14.2. The maximum Gasteiger partial charge on any atom is 0.332 e.